The van der Waals surface area contributed by atoms with Crippen molar-refractivity contribution in [2.45, 2.75) is 12.8 Å². The second-order valence-corrected chi connectivity index (χ2v) is 5.25. The molecular weight excluding hydrogens is 264 g/mol. The van der Waals surface area contributed by atoms with Gasteiger partial charge in [-0.05, 0) is 25.3 Å². The van der Waals surface area contributed by atoms with E-state index in [1.807, 2.05) is 0 Å². The van der Waals surface area contributed by atoms with Crippen LogP contribution in [0.3, 0.4) is 0 Å². The number of ether oxygens (including phenoxy) is 1. The van der Waals surface area contributed by atoms with E-state index < -0.39 is 0 Å². The van der Waals surface area contributed by atoms with E-state index in [4.69, 9.17) is 16.3 Å². The zero-order valence-electron chi connectivity index (χ0n) is 11.3. The predicted molar refractivity (Wildman–Crippen MR) is 76.7 cm³/mol. The third kappa shape index (κ3) is 4.30. The van der Waals surface area contributed by atoms with E-state index in [0.29, 0.717) is 10.9 Å². The highest BCUT2D eigenvalue weighted by atomic mass is 35.5. The van der Waals surface area contributed by atoms with Crippen LogP contribution in [-0.4, -0.2) is 49.9 Å². The largest absolute Gasteiger partial charge is 0.383 e. The highest BCUT2D eigenvalue weighted by Crippen LogP contribution is 2.26. The number of piperidine rings is 1. The van der Waals surface area contributed by atoms with E-state index in [2.05, 4.69) is 20.2 Å². The molecule has 2 heterocycles. The number of nitrogens with one attached hydrogen (secondary N) is 1. The number of hydrogen-bond donors (Lipinski definition) is 1. The van der Waals surface area contributed by atoms with Crippen LogP contribution in [0.1, 0.15) is 12.8 Å². The van der Waals surface area contributed by atoms with E-state index in [9.17, 15) is 0 Å². The summed E-state index contributed by atoms with van der Waals surface area (Å²) in [5.74, 6) is 1.50. The molecule has 0 aliphatic carbocycles. The molecule has 1 saturated heterocycles. The van der Waals surface area contributed by atoms with Crippen LogP contribution in [-0.2, 0) is 4.74 Å². The summed E-state index contributed by atoms with van der Waals surface area (Å²) >= 11 is 6.15. The first-order valence-corrected chi connectivity index (χ1v) is 7.09. The minimum absolute atomic E-state index is 0.635. The average Bonchev–Trinajstić information content (AvgIpc) is 2.44. The van der Waals surface area contributed by atoms with Crippen LogP contribution in [0.5, 0.6) is 0 Å². The Morgan fingerprint density at radius 1 is 1.58 bits per heavy atom. The lowest BCUT2D eigenvalue weighted by Gasteiger charge is -2.34. The zero-order valence-corrected chi connectivity index (χ0v) is 12.1. The van der Waals surface area contributed by atoms with Crippen LogP contribution < -0.4 is 10.2 Å². The maximum atomic E-state index is 6.15. The van der Waals surface area contributed by atoms with Crippen molar-refractivity contribution in [1.29, 1.82) is 0 Å². The van der Waals surface area contributed by atoms with Crippen molar-refractivity contribution in [3.63, 3.8) is 0 Å². The van der Waals surface area contributed by atoms with Gasteiger partial charge in [0, 0.05) is 26.7 Å². The van der Waals surface area contributed by atoms with E-state index in [1.165, 1.54) is 12.8 Å². The van der Waals surface area contributed by atoms with Crippen molar-refractivity contribution < 1.29 is 4.74 Å². The first kappa shape index (κ1) is 14.5. The molecular formula is C13H21ClN4O. The van der Waals surface area contributed by atoms with Gasteiger partial charge < -0.3 is 15.0 Å². The molecule has 1 fully saturated rings. The molecule has 1 aromatic heterocycles. The van der Waals surface area contributed by atoms with Gasteiger partial charge in [-0.1, -0.05) is 11.6 Å². The van der Waals surface area contributed by atoms with Gasteiger partial charge in [-0.15, -0.1) is 0 Å². The maximum absolute atomic E-state index is 6.15. The van der Waals surface area contributed by atoms with Crippen molar-refractivity contribution in [1.82, 2.24) is 15.3 Å². The number of halogens is 1. The van der Waals surface area contributed by atoms with Crippen LogP contribution >= 0.6 is 11.6 Å². The predicted octanol–water partition coefficient (Wildman–Crippen LogP) is 1.58. The Hall–Kier alpha value is -0.910. The van der Waals surface area contributed by atoms with Gasteiger partial charge in [-0.25, -0.2) is 9.97 Å². The summed E-state index contributed by atoms with van der Waals surface area (Å²) in [5.41, 5.74) is 0. The van der Waals surface area contributed by atoms with Crippen LogP contribution in [0.15, 0.2) is 12.5 Å². The van der Waals surface area contributed by atoms with Crippen LogP contribution in [0.4, 0.5) is 5.82 Å². The van der Waals surface area contributed by atoms with Crippen molar-refractivity contribution in [3.05, 3.63) is 17.5 Å². The molecule has 1 aliphatic heterocycles. The molecule has 0 radical (unpaired) electrons. The third-order valence-electron chi connectivity index (χ3n) is 3.38. The maximum Gasteiger partial charge on any atom is 0.150 e. The van der Waals surface area contributed by atoms with E-state index in [-0.39, 0.29) is 0 Å². The molecule has 0 spiro atoms. The molecule has 0 amide bonds. The molecule has 0 bridgehead atoms. The number of anilines is 1. The molecule has 2 rings (SSSR count). The monoisotopic (exact) mass is 284 g/mol. The summed E-state index contributed by atoms with van der Waals surface area (Å²) in [4.78, 5) is 10.5. The van der Waals surface area contributed by atoms with Gasteiger partial charge in [-0.2, -0.15) is 0 Å². The lowest BCUT2D eigenvalue weighted by molar-refractivity contribution is 0.197. The van der Waals surface area contributed by atoms with E-state index >= 15 is 0 Å². The van der Waals surface area contributed by atoms with Crippen molar-refractivity contribution in [2.75, 3.05) is 44.8 Å². The Morgan fingerprint density at radius 2 is 2.47 bits per heavy atom. The summed E-state index contributed by atoms with van der Waals surface area (Å²) in [6.45, 7) is 4.69. The molecule has 1 atom stereocenters. The third-order valence-corrected chi connectivity index (χ3v) is 3.65. The highest BCUT2D eigenvalue weighted by Gasteiger charge is 2.22. The SMILES string of the molecule is COCCNCC1CCCN(c2ncncc2Cl)C1. The molecule has 0 aromatic carbocycles. The van der Waals surface area contributed by atoms with Crippen LogP contribution in [0.25, 0.3) is 0 Å². The first-order valence-electron chi connectivity index (χ1n) is 6.71. The second kappa shape index (κ2) is 7.62. The molecule has 1 N–H and O–H groups in total. The fourth-order valence-electron chi connectivity index (χ4n) is 2.44. The van der Waals surface area contributed by atoms with Gasteiger partial charge in [0.05, 0.1) is 12.8 Å². The lowest BCUT2D eigenvalue weighted by Crippen LogP contribution is -2.40. The van der Waals surface area contributed by atoms with Crippen molar-refractivity contribution in [2.24, 2.45) is 5.92 Å². The van der Waals surface area contributed by atoms with E-state index in [0.717, 1.165) is 38.6 Å². The topological polar surface area (TPSA) is 50.3 Å². The van der Waals surface area contributed by atoms with Gasteiger partial charge in [0.1, 0.15) is 11.3 Å². The highest BCUT2D eigenvalue weighted by molar-refractivity contribution is 6.32. The van der Waals surface area contributed by atoms with Crippen molar-refractivity contribution in [3.8, 4) is 0 Å². The molecule has 19 heavy (non-hydrogen) atoms. The lowest BCUT2D eigenvalue weighted by atomic mass is 9.98. The van der Waals surface area contributed by atoms with Crippen LogP contribution in [0, 0.1) is 5.92 Å². The number of rotatable bonds is 6. The summed E-state index contributed by atoms with van der Waals surface area (Å²) in [7, 11) is 1.72. The van der Waals surface area contributed by atoms with Gasteiger partial charge in [0.2, 0.25) is 0 Å². The molecule has 5 nitrogen and oxygen atoms in total. The minimum Gasteiger partial charge on any atom is -0.383 e. The van der Waals surface area contributed by atoms with E-state index in [1.54, 1.807) is 19.6 Å². The zero-order chi connectivity index (χ0) is 13.5. The minimum atomic E-state index is 0.635. The number of nitrogens with zero attached hydrogens (tertiary/aromatic N) is 3. The standard InChI is InChI=1S/C13H21ClN4O/c1-19-6-4-15-7-11-3-2-5-18(9-11)13-12(14)8-16-10-17-13/h8,10-11,15H,2-7,9H2,1H3. The number of aromatic nitrogens is 2. The Labute approximate surface area is 119 Å². The molecule has 106 valence electrons. The summed E-state index contributed by atoms with van der Waals surface area (Å²) < 4.78 is 5.03. The Kier molecular flexibility index (Phi) is 5.82. The van der Waals surface area contributed by atoms with Crippen LogP contribution in [0.2, 0.25) is 5.02 Å². The Morgan fingerprint density at radius 3 is 3.26 bits per heavy atom. The molecule has 1 unspecified atom stereocenters. The fraction of sp³-hybridized carbons (Fsp3) is 0.692. The normalized spacial score (nSPS) is 19.7. The molecule has 1 aromatic rings. The second-order valence-electron chi connectivity index (χ2n) is 4.85. The summed E-state index contributed by atoms with van der Waals surface area (Å²) in [5, 5.41) is 4.06. The van der Waals surface area contributed by atoms with Gasteiger partial charge >= 0.3 is 0 Å². The van der Waals surface area contributed by atoms with Gasteiger partial charge in [-0.3, -0.25) is 0 Å². The fourth-order valence-corrected chi connectivity index (χ4v) is 2.67. The smallest absolute Gasteiger partial charge is 0.150 e. The molecule has 0 saturated carbocycles. The number of hydrogen-bond acceptors (Lipinski definition) is 5. The molecule has 1 aliphatic rings. The summed E-state index contributed by atoms with van der Waals surface area (Å²) in [6, 6.07) is 0. The van der Waals surface area contributed by atoms with Gasteiger partial charge in [0.15, 0.2) is 5.82 Å². The Balaban J connectivity index is 1.85. The first-order chi connectivity index (χ1) is 9.31. The van der Waals surface area contributed by atoms with Crippen molar-refractivity contribution >= 4 is 17.4 Å². The summed E-state index contributed by atoms with van der Waals surface area (Å²) in [6.07, 6.45) is 5.64. The molecule has 6 heteroatoms. The average molecular weight is 285 g/mol. The number of methoxy groups -OCH3 is 1. The Bertz CT molecular complexity index is 391. The quantitative estimate of drug-likeness (QED) is 0.804. The van der Waals surface area contributed by atoms with Gasteiger partial charge in [0.25, 0.3) is 0 Å².